The van der Waals surface area contributed by atoms with Crippen LogP contribution in [-0.4, -0.2) is 24.0 Å². The molecule has 1 aromatic rings. The zero-order valence-corrected chi connectivity index (χ0v) is 13.7. The first kappa shape index (κ1) is 18.3. The van der Waals surface area contributed by atoms with Gasteiger partial charge in [0.05, 0.1) is 17.8 Å². The minimum absolute atomic E-state index is 0. The highest BCUT2D eigenvalue weighted by atomic mass is 35.5. The molecule has 0 saturated heterocycles. The number of nitrogens with two attached hydrogens (primary N) is 1. The third-order valence-corrected chi connectivity index (χ3v) is 3.47. The van der Waals surface area contributed by atoms with E-state index < -0.39 is 12.1 Å². The molecule has 1 aliphatic heterocycles. The van der Waals surface area contributed by atoms with Crippen molar-refractivity contribution in [3.05, 3.63) is 23.8 Å². The molecule has 0 bridgehead atoms. The van der Waals surface area contributed by atoms with E-state index in [-0.39, 0.29) is 30.3 Å². The number of benzene rings is 1. The summed E-state index contributed by atoms with van der Waals surface area (Å²) in [6, 6.07) is 4.73. The number of rotatable bonds is 4. The van der Waals surface area contributed by atoms with Gasteiger partial charge >= 0.3 is 0 Å². The van der Waals surface area contributed by atoms with Gasteiger partial charge < -0.3 is 21.1 Å². The fraction of sp³-hybridized carbons (Fsp3) is 0.467. The Hall–Kier alpha value is -1.79. The van der Waals surface area contributed by atoms with Crippen molar-refractivity contribution >= 4 is 29.9 Å². The van der Waals surface area contributed by atoms with Gasteiger partial charge in [0, 0.05) is 0 Å². The van der Waals surface area contributed by atoms with Gasteiger partial charge in [-0.15, -0.1) is 12.4 Å². The van der Waals surface area contributed by atoms with Crippen molar-refractivity contribution in [3.8, 4) is 5.75 Å². The first-order valence-corrected chi connectivity index (χ1v) is 7.09. The highest BCUT2D eigenvalue weighted by molar-refractivity contribution is 5.97. The number of anilines is 1. The van der Waals surface area contributed by atoms with Gasteiger partial charge in [-0.05, 0) is 38.0 Å². The molecule has 122 valence electrons. The van der Waals surface area contributed by atoms with Crippen LogP contribution in [-0.2, 0) is 9.59 Å². The second kappa shape index (κ2) is 7.47. The summed E-state index contributed by atoms with van der Waals surface area (Å²) in [6.07, 6.45) is 0.133. The third-order valence-electron chi connectivity index (χ3n) is 3.47. The van der Waals surface area contributed by atoms with Crippen molar-refractivity contribution in [3.63, 3.8) is 0 Å². The average molecular weight is 328 g/mol. The number of ether oxygens (including phenoxy) is 1. The Morgan fingerprint density at radius 3 is 2.73 bits per heavy atom. The van der Waals surface area contributed by atoms with Crippen molar-refractivity contribution in [1.82, 2.24) is 5.32 Å². The minimum atomic E-state index is -0.551. The third kappa shape index (κ3) is 3.90. The molecule has 2 rings (SSSR count). The Kier molecular flexibility index (Phi) is 6.20. The number of carbonyl (C=O) groups is 2. The number of hydrogen-bond acceptors (Lipinski definition) is 4. The lowest BCUT2D eigenvalue weighted by Crippen LogP contribution is -2.39. The van der Waals surface area contributed by atoms with Crippen LogP contribution < -0.4 is 21.1 Å². The molecule has 2 amide bonds. The van der Waals surface area contributed by atoms with Gasteiger partial charge in [0.25, 0.3) is 5.91 Å². The largest absolute Gasteiger partial charge is 0.478 e. The summed E-state index contributed by atoms with van der Waals surface area (Å²) in [5.74, 6) is 0.290. The Morgan fingerprint density at radius 2 is 2.14 bits per heavy atom. The fourth-order valence-corrected chi connectivity index (χ4v) is 2.13. The SMILES string of the molecule is CCC1Oc2cc(C(C)NC(=O)[C@@H](C)N)ccc2NC1=O.Cl. The van der Waals surface area contributed by atoms with Gasteiger partial charge in [-0.1, -0.05) is 13.0 Å². The summed E-state index contributed by atoms with van der Waals surface area (Å²) in [5.41, 5.74) is 7.09. The summed E-state index contributed by atoms with van der Waals surface area (Å²) in [4.78, 5) is 23.4. The first-order chi connectivity index (χ1) is 9.92. The lowest BCUT2D eigenvalue weighted by atomic mass is 10.1. The molecule has 0 aliphatic carbocycles. The molecule has 4 N–H and O–H groups in total. The van der Waals surface area contributed by atoms with E-state index in [9.17, 15) is 9.59 Å². The molecule has 6 nitrogen and oxygen atoms in total. The molecular formula is C15H22ClN3O3. The van der Waals surface area contributed by atoms with Gasteiger partial charge in [0.15, 0.2) is 6.10 Å². The molecule has 0 fully saturated rings. The van der Waals surface area contributed by atoms with E-state index in [2.05, 4.69) is 10.6 Å². The molecule has 1 heterocycles. The zero-order chi connectivity index (χ0) is 15.6. The van der Waals surface area contributed by atoms with E-state index in [0.717, 1.165) is 5.56 Å². The summed E-state index contributed by atoms with van der Waals surface area (Å²) < 4.78 is 5.69. The van der Waals surface area contributed by atoms with Crippen molar-refractivity contribution in [1.29, 1.82) is 0 Å². The van der Waals surface area contributed by atoms with Gasteiger partial charge in [0.1, 0.15) is 5.75 Å². The number of hydrogen-bond donors (Lipinski definition) is 3. The molecule has 2 unspecified atom stereocenters. The van der Waals surface area contributed by atoms with E-state index in [0.29, 0.717) is 17.9 Å². The van der Waals surface area contributed by atoms with Gasteiger partial charge in [0.2, 0.25) is 5.91 Å². The highest BCUT2D eigenvalue weighted by Crippen LogP contribution is 2.32. The van der Waals surface area contributed by atoms with Gasteiger partial charge in [-0.3, -0.25) is 9.59 Å². The molecule has 1 aromatic carbocycles. The maximum atomic E-state index is 11.7. The van der Waals surface area contributed by atoms with Crippen LogP contribution in [0.15, 0.2) is 18.2 Å². The summed E-state index contributed by atoms with van der Waals surface area (Å²) >= 11 is 0. The molecule has 22 heavy (non-hydrogen) atoms. The predicted octanol–water partition coefficient (Wildman–Crippen LogP) is 1.74. The smallest absolute Gasteiger partial charge is 0.265 e. The van der Waals surface area contributed by atoms with Crippen LogP contribution in [0.25, 0.3) is 0 Å². The molecule has 0 aromatic heterocycles. The van der Waals surface area contributed by atoms with E-state index in [4.69, 9.17) is 10.5 Å². The molecule has 0 radical (unpaired) electrons. The van der Waals surface area contributed by atoms with Crippen LogP contribution in [0.1, 0.15) is 38.8 Å². The molecule has 1 aliphatic rings. The van der Waals surface area contributed by atoms with Crippen LogP contribution in [0.4, 0.5) is 5.69 Å². The van der Waals surface area contributed by atoms with Crippen molar-refractivity contribution in [2.24, 2.45) is 5.73 Å². The number of carbonyl (C=O) groups excluding carboxylic acids is 2. The maximum absolute atomic E-state index is 11.7. The number of fused-ring (bicyclic) bond motifs is 1. The van der Waals surface area contributed by atoms with Crippen molar-refractivity contribution in [2.45, 2.75) is 45.4 Å². The predicted molar refractivity (Wildman–Crippen MR) is 87.2 cm³/mol. The molecule has 7 heteroatoms. The monoisotopic (exact) mass is 327 g/mol. The second-order valence-electron chi connectivity index (χ2n) is 5.28. The molecule has 0 spiro atoms. The van der Waals surface area contributed by atoms with Crippen molar-refractivity contribution < 1.29 is 14.3 Å². The molecular weight excluding hydrogens is 306 g/mol. The standard InChI is InChI=1S/C15H21N3O3.ClH/c1-4-12-15(20)18-11-6-5-10(7-13(11)21-12)9(3)17-14(19)8(2)16;/h5-9,12H,4,16H2,1-3H3,(H,17,19)(H,18,20);1H/t8-,9?,12?;/m1./s1. The lowest BCUT2D eigenvalue weighted by molar-refractivity contribution is -0.123. The second-order valence-corrected chi connectivity index (χ2v) is 5.28. The molecule has 3 atom stereocenters. The van der Waals surface area contributed by atoms with E-state index in [1.807, 2.05) is 26.0 Å². The first-order valence-electron chi connectivity index (χ1n) is 7.09. The maximum Gasteiger partial charge on any atom is 0.265 e. The Bertz CT molecular complexity index is 563. The summed E-state index contributed by atoms with van der Waals surface area (Å²) in [5, 5.41) is 5.64. The Balaban J connectivity index is 0.00000242. The van der Waals surface area contributed by atoms with E-state index >= 15 is 0 Å². The lowest BCUT2D eigenvalue weighted by Gasteiger charge is -2.26. The fourth-order valence-electron chi connectivity index (χ4n) is 2.13. The zero-order valence-electron chi connectivity index (χ0n) is 12.9. The van der Waals surface area contributed by atoms with E-state index in [1.54, 1.807) is 13.0 Å². The van der Waals surface area contributed by atoms with Crippen LogP contribution in [0.2, 0.25) is 0 Å². The van der Waals surface area contributed by atoms with Crippen LogP contribution in [0, 0.1) is 0 Å². The summed E-state index contributed by atoms with van der Waals surface area (Å²) in [6.45, 7) is 5.41. The molecule has 0 saturated carbocycles. The number of halogens is 1. The number of nitrogens with one attached hydrogen (secondary N) is 2. The van der Waals surface area contributed by atoms with Crippen molar-refractivity contribution in [2.75, 3.05) is 5.32 Å². The quantitative estimate of drug-likeness (QED) is 0.785. The summed E-state index contributed by atoms with van der Waals surface area (Å²) in [7, 11) is 0. The van der Waals surface area contributed by atoms with Crippen LogP contribution >= 0.6 is 12.4 Å². The Labute approximate surface area is 136 Å². The van der Waals surface area contributed by atoms with Gasteiger partial charge in [-0.2, -0.15) is 0 Å². The number of amides is 2. The van der Waals surface area contributed by atoms with E-state index in [1.165, 1.54) is 0 Å². The minimum Gasteiger partial charge on any atom is -0.478 e. The topological polar surface area (TPSA) is 93.4 Å². The van der Waals surface area contributed by atoms with Crippen LogP contribution in [0.3, 0.4) is 0 Å². The normalized spacial score (nSPS) is 18.9. The van der Waals surface area contributed by atoms with Gasteiger partial charge in [-0.25, -0.2) is 0 Å². The van der Waals surface area contributed by atoms with Crippen LogP contribution in [0.5, 0.6) is 5.75 Å². The Morgan fingerprint density at radius 1 is 1.45 bits per heavy atom. The highest BCUT2D eigenvalue weighted by Gasteiger charge is 2.26. The average Bonchev–Trinajstić information content (AvgIpc) is 2.45.